The number of rotatable bonds is 3. The van der Waals surface area contributed by atoms with E-state index in [4.69, 9.17) is 0 Å². The number of para-hydroxylation sites is 1. The average molecular weight is 325 g/mol. The van der Waals surface area contributed by atoms with Crippen LogP contribution in [0.25, 0.3) is 0 Å². The van der Waals surface area contributed by atoms with E-state index in [1.165, 1.54) is 17.0 Å². The standard InChI is InChI=1S/C21H29N2O/c1-14(2)15-8-10-21(24,12-15)13-19-20-17(9-11-23(19)3)16-6-4-5-7-18(16)22-20/h4-7,9,11,14-15,17,20,22,24H,8,10,12-13H2,1-3H3/q+1. The van der Waals surface area contributed by atoms with Crippen molar-refractivity contribution in [1.29, 1.82) is 0 Å². The summed E-state index contributed by atoms with van der Waals surface area (Å²) < 4.78 is 2.22. The van der Waals surface area contributed by atoms with E-state index in [1.54, 1.807) is 0 Å². The number of aliphatic hydroxyl groups is 1. The van der Waals surface area contributed by atoms with Gasteiger partial charge in [0, 0.05) is 11.6 Å². The Morgan fingerprint density at radius 1 is 1.33 bits per heavy atom. The zero-order chi connectivity index (χ0) is 16.9. The van der Waals surface area contributed by atoms with Crippen LogP contribution in [0.15, 0.2) is 36.5 Å². The number of fused-ring (bicyclic) bond motifs is 3. The van der Waals surface area contributed by atoms with Gasteiger partial charge in [-0.3, -0.25) is 0 Å². The minimum absolute atomic E-state index is 0.277. The summed E-state index contributed by atoms with van der Waals surface area (Å²) in [6.07, 6.45) is 8.28. The van der Waals surface area contributed by atoms with Gasteiger partial charge in [0.25, 0.3) is 0 Å². The Labute approximate surface area is 145 Å². The number of hydrogen-bond donors (Lipinski definition) is 2. The normalized spacial score (nSPS) is 34.5. The van der Waals surface area contributed by atoms with E-state index in [2.05, 4.69) is 67.3 Å². The molecule has 1 aliphatic carbocycles. The average Bonchev–Trinajstić information content (AvgIpc) is 3.12. The first-order valence-electron chi connectivity index (χ1n) is 9.31. The van der Waals surface area contributed by atoms with Gasteiger partial charge in [0.2, 0.25) is 0 Å². The number of nitrogens with zero attached hydrogens (tertiary/aromatic N) is 1. The molecule has 4 atom stereocenters. The Balaban J connectivity index is 1.59. The fourth-order valence-corrected chi connectivity index (χ4v) is 4.85. The molecule has 0 aromatic heterocycles. The highest BCUT2D eigenvalue weighted by molar-refractivity contribution is 5.93. The summed E-state index contributed by atoms with van der Waals surface area (Å²) >= 11 is 0. The molecule has 1 aromatic carbocycles. The molecule has 0 saturated heterocycles. The Bertz CT molecular complexity index is 706. The number of nitrogens with one attached hydrogen (secondary N) is 1. The van der Waals surface area contributed by atoms with E-state index >= 15 is 0 Å². The first-order valence-corrected chi connectivity index (χ1v) is 9.31. The van der Waals surface area contributed by atoms with Crippen LogP contribution in [-0.4, -0.2) is 34.1 Å². The van der Waals surface area contributed by atoms with E-state index in [9.17, 15) is 5.11 Å². The lowest BCUT2D eigenvalue weighted by Gasteiger charge is -2.28. The van der Waals surface area contributed by atoms with Crippen molar-refractivity contribution in [3.8, 4) is 0 Å². The third-order valence-corrected chi connectivity index (χ3v) is 6.39. The van der Waals surface area contributed by atoms with Gasteiger partial charge in [0.1, 0.15) is 13.1 Å². The van der Waals surface area contributed by atoms with Gasteiger partial charge in [-0.15, -0.1) is 0 Å². The van der Waals surface area contributed by atoms with Crippen molar-refractivity contribution in [3.05, 3.63) is 42.1 Å². The Morgan fingerprint density at radius 2 is 2.12 bits per heavy atom. The number of hydrogen-bond acceptors (Lipinski definition) is 2. The van der Waals surface area contributed by atoms with Crippen molar-refractivity contribution in [1.82, 2.24) is 0 Å². The molecule has 2 N–H and O–H groups in total. The van der Waals surface area contributed by atoms with Gasteiger partial charge in [0.15, 0.2) is 11.9 Å². The summed E-state index contributed by atoms with van der Waals surface area (Å²) in [5, 5.41) is 14.9. The highest BCUT2D eigenvalue weighted by Crippen LogP contribution is 2.44. The Hall–Kier alpha value is -1.61. The van der Waals surface area contributed by atoms with Gasteiger partial charge in [0.05, 0.1) is 12.0 Å². The summed E-state index contributed by atoms with van der Waals surface area (Å²) in [5.41, 5.74) is 3.40. The van der Waals surface area contributed by atoms with Crippen LogP contribution in [-0.2, 0) is 0 Å². The van der Waals surface area contributed by atoms with Crippen LogP contribution in [0.4, 0.5) is 5.69 Å². The van der Waals surface area contributed by atoms with Crippen LogP contribution in [0, 0.1) is 11.8 Å². The molecule has 2 heterocycles. The van der Waals surface area contributed by atoms with Crippen molar-refractivity contribution in [2.24, 2.45) is 11.8 Å². The summed E-state index contributed by atoms with van der Waals surface area (Å²) in [6.45, 7) is 4.56. The van der Waals surface area contributed by atoms with Gasteiger partial charge in [-0.25, -0.2) is 4.58 Å². The molecule has 0 amide bonds. The van der Waals surface area contributed by atoms with Crippen LogP contribution in [0.5, 0.6) is 0 Å². The first kappa shape index (κ1) is 15.9. The maximum Gasteiger partial charge on any atom is 0.183 e. The molecule has 4 rings (SSSR count). The third kappa shape index (κ3) is 2.59. The zero-order valence-electron chi connectivity index (χ0n) is 15.0. The predicted molar refractivity (Wildman–Crippen MR) is 98.7 cm³/mol. The molecule has 0 bridgehead atoms. The number of anilines is 1. The van der Waals surface area contributed by atoms with Crippen molar-refractivity contribution in [2.75, 3.05) is 12.4 Å². The summed E-state index contributed by atoms with van der Waals surface area (Å²) in [6, 6.07) is 8.87. The molecule has 2 aliphatic heterocycles. The van der Waals surface area contributed by atoms with Crippen LogP contribution in [0.2, 0.25) is 0 Å². The molecule has 4 unspecified atom stereocenters. The maximum absolute atomic E-state index is 11.2. The second-order valence-electron chi connectivity index (χ2n) is 8.33. The lowest BCUT2D eigenvalue weighted by molar-refractivity contribution is -0.428. The fourth-order valence-electron chi connectivity index (χ4n) is 4.85. The van der Waals surface area contributed by atoms with Crippen molar-refractivity contribution in [2.45, 2.75) is 57.1 Å². The lowest BCUT2D eigenvalue weighted by atomic mass is 9.83. The molecule has 0 radical (unpaired) electrons. The van der Waals surface area contributed by atoms with E-state index in [1.807, 2.05) is 0 Å². The monoisotopic (exact) mass is 325 g/mol. The Morgan fingerprint density at radius 3 is 2.88 bits per heavy atom. The molecular formula is C21H29N2O+. The fraction of sp³-hybridized carbons (Fsp3) is 0.571. The maximum atomic E-state index is 11.2. The van der Waals surface area contributed by atoms with Gasteiger partial charge in [-0.1, -0.05) is 32.0 Å². The molecular weight excluding hydrogens is 296 g/mol. The molecule has 1 aromatic rings. The minimum atomic E-state index is -0.537. The van der Waals surface area contributed by atoms with Gasteiger partial charge < -0.3 is 10.4 Å². The highest BCUT2D eigenvalue weighted by Gasteiger charge is 2.46. The van der Waals surface area contributed by atoms with Gasteiger partial charge in [-0.2, -0.15) is 0 Å². The molecule has 3 nitrogen and oxygen atoms in total. The quantitative estimate of drug-likeness (QED) is 0.830. The van der Waals surface area contributed by atoms with Crippen LogP contribution >= 0.6 is 0 Å². The first-order chi connectivity index (χ1) is 11.5. The highest BCUT2D eigenvalue weighted by atomic mass is 16.3. The smallest absolute Gasteiger partial charge is 0.183 e. The molecule has 24 heavy (non-hydrogen) atoms. The summed E-state index contributed by atoms with van der Waals surface area (Å²) in [7, 11) is 2.12. The Kier molecular flexibility index (Phi) is 3.80. The van der Waals surface area contributed by atoms with Crippen LogP contribution < -0.4 is 5.32 Å². The van der Waals surface area contributed by atoms with Gasteiger partial charge in [-0.05, 0) is 48.8 Å². The van der Waals surface area contributed by atoms with E-state index in [-0.39, 0.29) is 6.04 Å². The molecule has 128 valence electrons. The second kappa shape index (κ2) is 5.73. The zero-order valence-corrected chi connectivity index (χ0v) is 15.0. The molecule has 3 aliphatic rings. The third-order valence-electron chi connectivity index (χ3n) is 6.39. The van der Waals surface area contributed by atoms with Crippen LogP contribution in [0.3, 0.4) is 0 Å². The SMILES string of the molecule is CC(C)C1CCC(O)(CC2=[N+](C)C=CC3c4ccccc4NC23)C1. The van der Waals surface area contributed by atoms with Gasteiger partial charge >= 0.3 is 0 Å². The van der Waals surface area contributed by atoms with E-state index < -0.39 is 5.60 Å². The molecule has 1 saturated carbocycles. The molecule has 0 spiro atoms. The minimum Gasteiger partial charge on any atom is -0.389 e. The van der Waals surface area contributed by atoms with Crippen LogP contribution in [0.1, 0.15) is 51.0 Å². The molecule has 3 heteroatoms. The second-order valence-corrected chi connectivity index (χ2v) is 8.33. The van der Waals surface area contributed by atoms with Crippen molar-refractivity contribution >= 4 is 11.4 Å². The lowest BCUT2D eigenvalue weighted by Crippen LogP contribution is -2.43. The van der Waals surface area contributed by atoms with E-state index in [0.717, 1.165) is 25.7 Å². The molecule has 1 fully saturated rings. The predicted octanol–water partition coefficient (Wildman–Crippen LogP) is 3.75. The largest absolute Gasteiger partial charge is 0.389 e. The van der Waals surface area contributed by atoms with Crippen molar-refractivity contribution < 1.29 is 9.68 Å². The summed E-state index contributed by atoms with van der Waals surface area (Å²) in [5.74, 6) is 1.71. The summed E-state index contributed by atoms with van der Waals surface area (Å²) in [4.78, 5) is 0. The number of benzene rings is 1. The van der Waals surface area contributed by atoms with Crippen molar-refractivity contribution in [3.63, 3.8) is 0 Å². The van der Waals surface area contributed by atoms with E-state index in [0.29, 0.717) is 17.8 Å². The topological polar surface area (TPSA) is 35.3 Å².